The molecule has 4 N–H and O–H groups in total. The second-order valence-electron chi connectivity index (χ2n) is 7.64. The summed E-state index contributed by atoms with van der Waals surface area (Å²) in [7, 11) is 0. The van der Waals surface area contributed by atoms with Crippen LogP contribution in [-0.2, 0) is 4.79 Å². The quantitative estimate of drug-likeness (QED) is 0.736. The minimum atomic E-state index is -0.706. The highest BCUT2D eigenvalue weighted by molar-refractivity contribution is 5.79. The molecule has 0 heterocycles. The zero-order chi connectivity index (χ0) is 14.8. The lowest BCUT2D eigenvalue weighted by Crippen LogP contribution is -2.48. The Morgan fingerprint density at radius 3 is 2.50 bits per heavy atom. The van der Waals surface area contributed by atoms with Gasteiger partial charge in [-0.05, 0) is 56.4 Å². The topological polar surface area (TPSA) is 75.3 Å². The van der Waals surface area contributed by atoms with Crippen molar-refractivity contribution in [2.75, 3.05) is 13.1 Å². The highest BCUT2D eigenvalue weighted by Gasteiger charge is 2.38. The molecule has 0 bridgehead atoms. The third kappa shape index (κ3) is 3.73. The van der Waals surface area contributed by atoms with Crippen LogP contribution in [0.2, 0.25) is 0 Å². The molecule has 4 nitrogen and oxygen atoms in total. The maximum atomic E-state index is 12.2. The molecule has 2 saturated carbocycles. The molecular weight excluding hydrogens is 252 g/mol. The Balaban J connectivity index is 1.81. The standard InChI is InChI=1S/C16H30N2O2/c1-15(2)6-8-16(20,9-7-15)11-18-14(19)13-5-3-4-12(13)10-17/h12-13,20H,3-11,17H2,1-2H3,(H,18,19). The van der Waals surface area contributed by atoms with Gasteiger partial charge in [-0.15, -0.1) is 0 Å². The van der Waals surface area contributed by atoms with Crippen LogP contribution in [0.5, 0.6) is 0 Å². The molecule has 0 aromatic carbocycles. The van der Waals surface area contributed by atoms with Crippen molar-refractivity contribution in [1.29, 1.82) is 0 Å². The molecule has 2 rings (SSSR count). The molecule has 0 aromatic heterocycles. The summed E-state index contributed by atoms with van der Waals surface area (Å²) in [4.78, 5) is 12.2. The van der Waals surface area contributed by atoms with E-state index < -0.39 is 5.60 Å². The van der Waals surface area contributed by atoms with Crippen LogP contribution >= 0.6 is 0 Å². The second-order valence-corrected chi connectivity index (χ2v) is 7.64. The maximum Gasteiger partial charge on any atom is 0.223 e. The third-order valence-electron chi connectivity index (χ3n) is 5.42. The number of carbonyl (C=O) groups is 1. The van der Waals surface area contributed by atoms with Crippen LogP contribution in [0.15, 0.2) is 0 Å². The molecule has 2 unspecified atom stereocenters. The first-order chi connectivity index (χ1) is 9.35. The second kappa shape index (κ2) is 6.02. The first-order valence-corrected chi connectivity index (χ1v) is 8.05. The smallest absolute Gasteiger partial charge is 0.223 e. The summed E-state index contributed by atoms with van der Waals surface area (Å²) in [5, 5.41) is 13.6. The van der Waals surface area contributed by atoms with E-state index in [1.54, 1.807) is 0 Å². The summed E-state index contributed by atoms with van der Waals surface area (Å²) in [5.41, 5.74) is 5.35. The summed E-state index contributed by atoms with van der Waals surface area (Å²) in [6, 6.07) is 0. The fourth-order valence-corrected chi connectivity index (χ4v) is 3.62. The summed E-state index contributed by atoms with van der Waals surface area (Å²) >= 11 is 0. The van der Waals surface area contributed by atoms with Crippen LogP contribution in [0.1, 0.15) is 58.8 Å². The van der Waals surface area contributed by atoms with Gasteiger partial charge < -0.3 is 16.2 Å². The largest absolute Gasteiger partial charge is 0.388 e. The van der Waals surface area contributed by atoms with E-state index in [1.807, 2.05) is 0 Å². The molecule has 2 atom stereocenters. The molecule has 0 aromatic rings. The minimum Gasteiger partial charge on any atom is -0.388 e. The van der Waals surface area contributed by atoms with Crippen molar-refractivity contribution in [2.24, 2.45) is 23.0 Å². The number of nitrogens with one attached hydrogen (secondary N) is 1. The summed E-state index contributed by atoms with van der Waals surface area (Å²) in [5.74, 6) is 0.481. The zero-order valence-corrected chi connectivity index (χ0v) is 13.0. The molecule has 2 fully saturated rings. The van der Waals surface area contributed by atoms with Crippen molar-refractivity contribution in [3.05, 3.63) is 0 Å². The van der Waals surface area contributed by atoms with Crippen LogP contribution in [0.25, 0.3) is 0 Å². The van der Waals surface area contributed by atoms with Gasteiger partial charge in [0.05, 0.1) is 5.60 Å². The van der Waals surface area contributed by atoms with Crippen molar-refractivity contribution in [3.63, 3.8) is 0 Å². The average Bonchev–Trinajstić information content (AvgIpc) is 2.89. The molecule has 0 aliphatic heterocycles. The molecule has 0 spiro atoms. The monoisotopic (exact) mass is 282 g/mol. The lowest BCUT2D eigenvalue weighted by molar-refractivity contribution is -0.127. The molecule has 20 heavy (non-hydrogen) atoms. The highest BCUT2D eigenvalue weighted by atomic mass is 16.3. The van der Waals surface area contributed by atoms with Gasteiger partial charge in [0.25, 0.3) is 0 Å². The normalized spacial score (nSPS) is 32.0. The number of hydrogen-bond donors (Lipinski definition) is 3. The Morgan fingerprint density at radius 2 is 1.90 bits per heavy atom. The summed E-state index contributed by atoms with van der Waals surface area (Å²) in [6.45, 7) is 5.48. The van der Waals surface area contributed by atoms with Gasteiger partial charge in [0.2, 0.25) is 5.91 Å². The fraction of sp³-hybridized carbons (Fsp3) is 0.938. The van der Waals surface area contributed by atoms with Crippen LogP contribution in [0.3, 0.4) is 0 Å². The predicted molar refractivity (Wildman–Crippen MR) is 80.1 cm³/mol. The van der Waals surface area contributed by atoms with E-state index in [0.717, 1.165) is 44.9 Å². The van der Waals surface area contributed by atoms with Crippen molar-refractivity contribution in [3.8, 4) is 0 Å². The number of aliphatic hydroxyl groups is 1. The van der Waals surface area contributed by atoms with Crippen molar-refractivity contribution in [1.82, 2.24) is 5.32 Å². The summed E-state index contributed by atoms with van der Waals surface area (Å²) < 4.78 is 0. The van der Waals surface area contributed by atoms with E-state index in [1.165, 1.54) is 0 Å². The maximum absolute atomic E-state index is 12.2. The zero-order valence-electron chi connectivity index (χ0n) is 13.0. The predicted octanol–water partition coefficient (Wildman–Crippen LogP) is 1.81. The molecule has 1 amide bonds. The van der Waals surface area contributed by atoms with Crippen LogP contribution in [-0.4, -0.2) is 29.7 Å². The number of rotatable bonds is 4. The van der Waals surface area contributed by atoms with Crippen molar-refractivity contribution in [2.45, 2.75) is 64.4 Å². The lowest BCUT2D eigenvalue weighted by atomic mass is 9.71. The molecule has 116 valence electrons. The fourth-order valence-electron chi connectivity index (χ4n) is 3.62. The first kappa shape index (κ1) is 15.8. The Hall–Kier alpha value is -0.610. The highest BCUT2D eigenvalue weighted by Crippen LogP contribution is 2.40. The Labute approximate surface area is 122 Å². The van der Waals surface area contributed by atoms with Crippen LogP contribution < -0.4 is 11.1 Å². The van der Waals surface area contributed by atoms with Crippen molar-refractivity contribution >= 4 is 5.91 Å². The molecule has 2 aliphatic rings. The molecular formula is C16H30N2O2. The van der Waals surface area contributed by atoms with Crippen LogP contribution in [0, 0.1) is 17.3 Å². The Kier molecular flexibility index (Phi) is 4.75. The molecule has 0 radical (unpaired) electrons. The van der Waals surface area contributed by atoms with Gasteiger partial charge in [0.15, 0.2) is 0 Å². The van der Waals surface area contributed by atoms with Gasteiger partial charge in [0.1, 0.15) is 0 Å². The first-order valence-electron chi connectivity index (χ1n) is 8.05. The number of nitrogens with two attached hydrogens (primary N) is 1. The number of hydrogen-bond acceptors (Lipinski definition) is 3. The van der Waals surface area contributed by atoms with E-state index in [2.05, 4.69) is 19.2 Å². The SMILES string of the molecule is CC1(C)CCC(O)(CNC(=O)C2CCCC2CN)CC1. The van der Waals surface area contributed by atoms with E-state index in [4.69, 9.17) is 5.73 Å². The van der Waals surface area contributed by atoms with Gasteiger partial charge in [-0.3, -0.25) is 4.79 Å². The molecule has 0 saturated heterocycles. The minimum absolute atomic E-state index is 0.0589. The number of carbonyl (C=O) groups excluding carboxylic acids is 1. The van der Waals surface area contributed by atoms with Crippen molar-refractivity contribution < 1.29 is 9.90 Å². The Bertz CT molecular complexity index is 344. The average molecular weight is 282 g/mol. The van der Waals surface area contributed by atoms with E-state index >= 15 is 0 Å². The van der Waals surface area contributed by atoms with Gasteiger partial charge in [-0.2, -0.15) is 0 Å². The third-order valence-corrected chi connectivity index (χ3v) is 5.42. The molecule has 2 aliphatic carbocycles. The van der Waals surface area contributed by atoms with Gasteiger partial charge in [-0.1, -0.05) is 20.3 Å². The van der Waals surface area contributed by atoms with Gasteiger partial charge in [0, 0.05) is 12.5 Å². The number of amides is 1. The summed E-state index contributed by atoms with van der Waals surface area (Å²) in [6.07, 6.45) is 6.71. The van der Waals surface area contributed by atoms with E-state index in [9.17, 15) is 9.90 Å². The van der Waals surface area contributed by atoms with E-state index in [-0.39, 0.29) is 11.8 Å². The molecule has 4 heteroatoms. The van der Waals surface area contributed by atoms with Gasteiger partial charge in [-0.25, -0.2) is 0 Å². The van der Waals surface area contributed by atoms with E-state index in [0.29, 0.717) is 24.4 Å². The van der Waals surface area contributed by atoms with Crippen LogP contribution in [0.4, 0.5) is 0 Å². The lowest BCUT2D eigenvalue weighted by Gasteiger charge is -2.40. The van der Waals surface area contributed by atoms with Gasteiger partial charge >= 0.3 is 0 Å². The Morgan fingerprint density at radius 1 is 1.25 bits per heavy atom.